The van der Waals surface area contributed by atoms with E-state index in [1.807, 2.05) is 6.92 Å². The second-order valence-electron chi connectivity index (χ2n) is 7.26. The van der Waals surface area contributed by atoms with Crippen LogP contribution in [0.15, 0.2) is 0 Å². The SMILES string of the molecule is CCCNC(=O)[C@@H]1CCCN(S(=O)(=O)N2C[C@H](C)C[C@H](C)C2)C1. The monoisotopic (exact) mass is 345 g/mol. The van der Waals surface area contributed by atoms with Crippen molar-refractivity contribution < 1.29 is 13.2 Å². The van der Waals surface area contributed by atoms with E-state index in [1.165, 1.54) is 4.31 Å². The van der Waals surface area contributed by atoms with Gasteiger partial charge in [0.25, 0.3) is 10.2 Å². The van der Waals surface area contributed by atoms with Gasteiger partial charge in [-0.25, -0.2) is 0 Å². The molecular weight excluding hydrogens is 314 g/mol. The normalized spacial score (nSPS) is 31.0. The van der Waals surface area contributed by atoms with E-state index >= 15 is 0 Å². The molecule has 0 bridgehead atoms. The van der Waals surface area contributed by atoms with Crippen LogP contribution in [0.5, 0.6) is 0 Å². The largest absolute Gasteiger partial charge is 0.356 e. The fourth-order valence-corrected chi connectivity index (χ4v) is 5.66. The van der Waals surface area contributed by atoms with Gasteiger partial charge in [-0.15, -0.1) is 0 Å². The first kappa shape index (κ1) is 18.7. The molecule has 3 atom stereocenters. The predicted octanol–water partition coefficient (Wildman–Crippen LogP) is 1.45. The van der Waals surface area contributed by atoms with Crippen molar-refractivity contribution in [3.63, 3.8) is 0 Å². The molecule has 0 radical (unpaired) electrons. The van der Waals surface area contributed by atoms with E-state index in [1.54, 1.807) is 4.31 Å². The van der Waals surface area contributed by atoms with Crippen LogP contribution in [0.3, 0.4) is 0 Å². The van der Waals surface area contributed by atoms with Gasteiger partial charge in [0, 0.05) is 32.7 Å². The van der Waals surface area contributed by atoms with Crippen molar-refractivity contribution in [2.24, 2.45) is 17.8 Å². The molecule has 2 rings (SSSR count). The van der Waals surface area contributed by atoms with Gasteiger partial charge in [0.05, 0.1) is 5.92 Å². The molecule has 2 saturated heterocycles. The summed E-state index contributed by atoms with van der Waals surface area (Å²) >= 11 is 0. The number of carbonyl (C=O) groups excluding carboxylic acids is 1. The standard InChI is InChI=1S/C16H31N3O3S/c1-4-7-17-16(20)15-6-5-8-18(12-15)23(21,22)19-10-13(2)9-14(3)11-19/h13-15H,4-12H2,1-3H3,(H,17,20)/t13-,14+,15-/m1/s1. The highest BCUT2D eigenvalue weighted by atomic mass is 32.2. The van der Waals surface area contributed by atoms with Crippen molar-refractivity contribution in [1.29, 1.82) is 0 Å². The van der Waals surface area contributed by atoms with Crippen LogP contribution < -0.4 is 5.32 Å². The van der Waals surface area contributed by atoms with Gasteiger partial charge in [-0.05, 0) is 37.5 Å². The zero-order chi connectivity index (χ0) is 17.0. The Balaban J connectivity index is 2.03. The molecule has 0 aromatic heterocycles. The highest BCUT2D eigenvalue weighted by Crippen LogP contribution is 2.27. The van der Waals surface area contributed by atoms with Crippen LogP contribution in [-0.4, -0.2) is 55.7 Å². The summed E-state index contributed by atoms with van der Waals surface area (Å²) in [7, 11) is -3.45. The Labute approximate surface area is 140 Å². The molecule has 6 nitrogen and oxygen atoms in total. The Morgan fingerprint density at radius 2 is 1.78 bits per heavy atom. The molecule has 1 amide bonds. The average molecular weight is 346 g/mol. The molecule has 2 aliphatic heterocycles. The van der Waals surface area contributed by atoms with E-state index in [4.69, 9.17) is 0 Å². The maximum Gasteiger partial charge on any atom is 0.282 e. The van der Waals surface area contributed by atoms with Crippen LogP contribution in [-0.2, 0) is 15.0 Å². The summed E-state index contributed by atoms with van der Waals surface area (Å²) in [5, 5.41) is 2.89. The molecule has 2 heterocycles. The van der Waals surface area contributed by atoms with Gasteiger partial charge < -0.3 is 5.32 Å². The lowest BCUT2D eigenvalue weighted by Crippen LogP contribution is -2.53. The Morgan fingerprint density at radius 3 is 2.39 bits per heavy atom. The maximum absolute atomic E-state index is 12.9. The summed E-state index contributed by atoms with van der Waals surface area (Å²) in [6.45, 7) is 8.91. The van der Waals surface area contributed by atoms with E-state index in [-0.39, 0.29) is 11.8 Å². The van der Waals surface area contributed by atoms with E-state index in [0.717, 1.165) is 25.7 Å². The quantitative estimate of drug-likeness (QED) is 0.820. The van der Waals surface area contributed by atoms with Crippen molar-refractivity contribution in [3.8, 4) is 0 Å². The number of hydrogen-bond donors (Lipinski definition) is 1. The highest BCUT2D eigenvalue weighted by Gasteiger charge is 2.38. The topological polar surface area (TPSA) is 69.7 Å². The van der Waals surface area contributed by atoms with E-state index in [9.17, 15) is 13.2 Å². The van der Waals surface area contributed by atoms with Gasteiger partial charge in [-0.2, -0.15) is 17.0 Å². The van der Waals surface area contributed by atoms with Crippen LogP contribution in [0.2, 0.25) is 0 Å². The molecule has 23 heavy (non-hydrogen) atoms. The zero-order valence-electron chi connectivity index (χ0n) is 14.6. The van der Waals surface area contributed by atoms with Crippen molar-refractivity contribution in [1.82, 2.24) is 13.9 Å². The van der Waals surface area contributed by atoms with E-state index in [2.05, 4.69) is 19.2 Å². The van der Waals surface area contributed by atoms with E-state index in [0.29, 0.717) is 44.6 Å². The van der Waals surface area contributed by atoms with Crippen LogP contribution >= 0.6 is 0 Å². The number of nitrogens with zero attached hydrogens (tertiary/aromatic N) is 2. The summed E-state index contributed by atoms with van der Waals surface area (Å²) in [4.78, 5) is 12.2. The lowest BCUT2D eigenvalue weighted by atomic mass is 9.94. The second-order valence-corrected chi connectivity index (χ2v) is 9.19. The predicted molar refractivity (Wildman–Crippen MR) is 91.0 cm³/mol. The average Bonchev–Trinajstić information content (AvgIpc) is 2.51. The highest BCUT2D eigenvalue weighted by molar-refractivity contribution is 7.86. The number of nitrogens with one attached hydrogen (secondary N) is 1. The second kappa shape index (κ2) is 7.94. The van der Waals surface area contributed by atoms with Crippen LogP contribution in [0.25, 0.3) is 0 Å². The minimum absolute atomic E-state index is 0.00729. The van der Waals surface area contributed by atoms with Gasteiger partial charge in [-0.3, -0.25) is 4.79 Å². The van der Waals surface area contributed by atoms with Gasteiger partial charge in [0.2, 0.25) is 5.91 Å². The minimum atomic E-state index is -3.45. The lowest BCUT2D eigenvalue weighted by molar-refractivity contribution is -0.126. The minimum Gasteiger partial charge on any atom is -0.356 e. The van der Waals surface area contributed by atoms with Crippen LogP contribution in [0.1, 0.15) is 46.5 Å². The van der Waals surface area contributed by atoms with Crippen molar-refractivity contribution in [2.45, 2.75) is 46.5 Å². The smallest absolute Gasteiger partial charge is 0.282 e. The third-order valence-electron chi connectivity index (χ3n) is 4.79. The molecular formula is C16H31N3O3S. The maximum atomic E-state index is 12.9. The Bertz CT molecular complexity index is 499. The number of rotatable bonds is 5. The number of piperidine rings is 2. The number of carbonyl (C=O) groups is 1. The molecule has 0 unspecified atom stereocenters. The number of amides is 1. The summed E-state index contributed by atoms with van der Waals surface area (Å²) in [5.74, 6) is 0.556. The van der Waals surface area contributed by atoms with Gasteiger partial charge in [0.1, 0.15) is 0 Å². The van der Waals surface area contributed by atoms with Crippen molar-refractivity contribution >= 4 is 16.1 Å². The van der Waals surface area contributed by atoms with Gasteiger partial charge in [0.15, 0.2) is 0 Å². The summed E-state index contributed by atoms with van der Waals surface area (Å²) in [5.41, 5.74) is 0. The third-order valence-corrected chi connectivity index (χ3v) is 6.73. The lowest BCUT2D eigenvalue weighted by Gasteiger charge is -2.39. The van der Waals surface area contributed by atoms with Crippen LogP contribution in [0, 0.1) is 17.8 Å². The molecule has 1 N–H and O–H groups in total. The first-order chi connectivity index (χ1) is 10.8. The Hall–Kier alpha value is -0.660. The fourth-order valence-electron chi connectivity index (χ4n) is 3.72. The fraction of sp³-hybridized carbons (Fsp3) is 0.938. The Kier molecular flexibility index (Phi) is 6.45. The summed E-state index contributed by atoms with van der Waals surface area (Å²) in [6.07, 6.45) is 3.49. The van der Waals surface area contributed by atoms with Crippen LogP contribution in [0.4, 0.5) is 0 Å². The first-order valence-electron chi connectivity index (χ1n) is 8.87. The van der Waals surface area contributed by atoms with Crippen molar-refractivity contribution in [3.05, 3.63) is 0 Å². The summed E-state index contributed by atoms with van der Waals surface area (Å²) < 4.78 is 29.0. The molecule has 0 spiro atoms. The molecule has 2 aliphatic rings. The Morgan fingerprint density at radius 1 is 1.13 bits per heavy atom. The molecule has 0 aromatic carbocycles. The molecule has 7 heteroatoms. The van der Waals surface area contributed by atoms with Gasteiger partial charge >= 0.3 is 0 Å². The molecule has 0 aliphatic carbocycles. The molecule has 0 saturated carbocycles. The van der Waals surface area contributed by atoms with Crippen molar-refractivity contribution in [2.75, 3.05) is 32.7 Å². The van der Waals surface area contributed by atoms with E-state index < -0.39 is 10.2 Å². The number of hydrogen-bond acceptors (Lipinski definition) is 3. The first-order valence-corrected chi connectivity index (χ1v) is 10.3. The van der Waals surface area contributed by atoms with Gasteiger partial charge in [-0.1, -0.05) is 20.8 Å². The summed E-state index contributed by atoms with van der Waals surface area (Å²) in [6, 6.07) is 0. The molecule has 2 fully saturated rings. The molecule has 0 aromatic rings. The third kappa shape index (κ3) is 4.67. The zero-order valence-corrected chi connectivity index (χ0v) is 15.4. The molecule has 134 valence electrons.